The summed E-state index contributed by atoms with van der Waals surface area (Å²) in [5.41, 5.74) is 0.472. The third-order valence-electron chi connectivity index (χ3n) is 1.45. The van der Waals surface area contributed by atoms with Crippen LogP contribution < -0.4 is 0 Å². The molecule has 0 aliphatic rings. The number of carboxylic acid groups (broad SMARTS) is 1. The molecule has 60 valence electrons. The smallest absolute Gasteiger partial charge is 0.356 e. The predicted octanol–water partition coefficient (Wildman–Crippen LogP) is 0.886. The monoisotopic (exact) mass is 158 g/mol. The zero-order valence-corrected chi connectivity index (χ0v) is 5.89. The number of nitrogens with one attached hydrogen (secondary N) is 1. The highest BCUT2D eigenvalue weighted by Crippen LogP contribution is 2.10. The average Bonchev–Trinajstić information content (AvgIpc) is 2.30. The number of carboxylic acids is 1. The second kappa shape index (κ2) is 2.69. The van der Waals surface area contributed by atoms with Gasteiger partial charge in [-0.15, -0.1) is 0 Å². The summed E-state index contributed by atoms with van der Waals surface area (Å²) in [6.45, 7) is 0.800. The fourth-order valence-corrected chi connectivity index (χ4v) is 0.772. The number of hydrogen-bond acceptors (Lipinski definition) is 2. The van der Waals surface area contributed by atoms with E-state index in [2.05, 4.69) is 10.2 Å². The maximum atomic E-state index is 12.0. The lowest BCUT2D eigenvalue weighted by Gasteiger charge is -1.89. The van der Waals surface area contributed by atoms with Gasteiger partial charge >= 0.3 is 5.97 Å². The van der Waals surface area contributed by atoms with Gasteiger partial charge in [0.05, 0.1) is 5.69 Å². The van der Waals surface area contributed by atoms with E-state index in [4.69, 9.17) is 5.11 Å². The zero-order chi connectivity index (χ0) is 8.43. The summed E-state index contributed by atoms with van der Waals surface area (Å²) in [4.78, 5) is 10.3. The largest absolute Gasteiger partial charge is 0.476 e. The highest BCUT2D eigenvalue weighted by Gasteiger charge is 2.13. The SMILES string of the molecule is Cc1c(C(=O)O)n[nH]c1CF. The molecule has 0 saturated heterocycles. The van der Waals surface area contributed by atoms with Gasteiger partial charge < -0.3 is 5.11 Å². The van der Waals surface area contributed by atoms with E-state index in [1.165, 1.54) is 6.92 Å². The van der Waals surface area contributed by atoms with Crippen LogP contribution in [0.15, 0.2) is 0 Å². The zero-order valence-electron chi connectivity index (χ0n) is 5.89. The number of alkyl halides is 1. The van der Waals surface area contributed by atoms with Crippen LogP contribution in [0.3, 0.4) is 0 Å². The van der Waals surface area contributed by atoms with E-state index < -0.39 is 12.6 Å². The van der Waals surface area contributed by atoms with Gasteiger partial charge in [0.2, 0.25) is 0 Å². The third kappa shape index (κ3) is 1.21. The number of aromatic amines is 1. The maximum absolute atomic E-state index is 12.0. The highest BCUT2D eigenvalue weighted by atomic mass is 19.1. The first-order valence-electron chi connectivity index (χ1n) is 3.00. The van der Waals surface area contributed by atoms with E-state index in [9.17, 15) is 9.18 Å². The molecule has 0 saturated carbocycles. The Bertz CT molecular complexity index is 282. The minimum Gasteiger partial charge on any atom is -0.476 e. The number of carbonyl (C=O) groups is 1. The Morgan fingerprint density at radius 3 is 2.73 bits per heavy atom. The van der Waals surface area contributed by atoms with Crippen LogP contribution >= 0.6 is 0 Å². The summed E-state index contributed by atoms with van der Waals surface area (Å²) < 4.78 is 12.0. The molecule has 1 aromatic rings. The molecule has 1 rings (SSSR count). The highest BCUT2D eigenvalue weighted by molar-refractivity contribution is 5.87. The number of aromatic nitrogens is 2. The summed E-state index contributed by atoms with van der Waals surface area (Å²) in [5, 5.41) is 14.2. The molecule has 0 spiro atoms. The third-order valence-corrected chi connectivity index (χ3v) is 1.45. The lowest BCUT2D eigenvalue weighted by molar-refractivity contribution is 0.0689. The van der Waals surface area contributed by atoms with Crippen LogP contribution in [0.5, 0.6) is 0 Å². The van der Waals surface area contributed by atoms with E-state index in [0.29, 0.717) is 5.56 Å². The second-order valence-corrected chi connectivity index (χ2v) is 2.11. The first-order valence-corrected chi connectivity index (χ1v) is 3.00. The Kier molecular flexibility index (Phi) is 1.89. The molecule has 5 heteroatoms. The number of nitrogens with zero attached hydrogens (tertiary/aromatic N) is 1. The molecule has 0 atom stereocenters. The quantitative estimate of drug-likeness (QED) is 0.671. The van der Waals surface area contributed by atoms with E-state index in [1.54, 1.807) is 0 Å². The molecule has 0 amide bonds. The molecule has 0 fully saturated rings. The number of halogens is 1. The van der Waals surface area contributed by atoms with Crippen molar-refractivity contribution in [2.75, 3.05) is 0 Å². The number of aromatic carboxylic acids is 1. The molecule has 4 nitrogen and oxygen atoms in total. The lowest BCUT2D eigenvalue weighted by Crippen LogP contribution is -1.98. The molecule has 0 aliphatic heterocycles. The van der Waals surface area contributed by atoms with Gasteiger partial charge in [-0.2, -0.15) is 5.10 Å². The first kappa shape index (κ1) is 7.71. The van der Waals surface area contributed by atoms with Gasteiger partial charge in [0.1, 0.15) is 6.67 Å². The second-order valence-electron chi connectivity index (χ2n) is 2.11. The van der Waals surface area contributed by atoms with E-state index in [1.807, 2.05) is 0 Å². The molecular weight excluding hydrogens is 151 g/mol. The van der Waals surface area contributed by atoms with Crippen LogP contribution in [0.25, 0.3) is 0 Å². The van der Waals surface area contributed by atoms with E-state index in [-0.39, 0.29) is 11.4 Å². The van der Waals surface area contributed by atoms with Gasteiger partial charge in [-0.3, -0.25) is 5.10 Å². The average molecular weight is 158 g/mol. The Morgan fingerprint density at radius 1 is 1.82 bits per heavy atom. The summed E-state index contributed by atoms with van der Waals surface area (Å²) in [6, 6.07) is 0. The standard InChI is InChI=1S/C6H7FN2O2/c1-3-4(2-7)8-9-5(3)6(10)11/h2H2,1H3,(H,8,9)(H,10,11). The number of rotatable bonds is 2. The number of hydrogen-bond donors (Lipinski definition) is 2. The fourth-order valence-electron chi connectivity index (χ4n) is 0.772. The van der Waals surface area contributed by atoms with Crippen molar-refractivity contribution in [3.05, 3.63) is 17.0 Å². The molecule has 0 bridgehead atoms. The number of H-pyrrole nitrogens is 1. The molecule has 2 N–H and O–H groups in total. The van der Waals surface area contributed by atoms with Gasteiger partial charge in [-0.05, 0) is 6.92 Å². The summed E-state index contributed by atoms with van der Waals surface area (Å²) >= 11 is 0. The van der Waals surface area contributed by atoms with Gasteiger partial charge in [0.15, 0.2) is 5.69 Å². The van der Waals surface area contributed by atoms with Gasteiger partial charge in [0.25, 0.3) is 0 Å². The molecule has 0 radical (unpaired) electrons. The molecule has 1 heterocycles. The van der Waals surface area contributed by atoms with Crippen molar-refractivity contribution >= 4 is 5.97 Å². The maximum Gasteiger partial charge on any atom is 0.356 e. The Hall–Kier alpha value is -1.39. The first-order chi connectivity index (χ1) is 5.16. The Labute approximate surface area is 62.0 Å². The van der Waals surface area contributed by atoms with Crippen molar-refractivity contribution in [2.24, 2.45) is 0 Å². The summed E-state index contributed by atoms with van der Waals surface area (Å²) in [5.74, 6) is -1.14. The molecule has 0 aliphatic carbocycles. The van der Waals surface area contributed by atoms with Crippen LogP contribution in [0.4, 0.5) is 4.39 Å². The van der Waals surface area contributed by atoms with E-state index in [0.717, 1.165) is 0 Å². The van der Waals surface area contributed by atoms with Crippen molar-refractivity contribution in [3.8, 4) is 0 Å². The van der Waals surface area contributed by atoms with Gasteiger partial charge in [-0.1, -0.05) is 0 Å². The van der Waals surface area contributed by atoms with Crippen LogP contribution in [-0.2, 0) is 6.67 Å². The molecule has 0 aromatic carbocycles. The minimum absolute atomic E-state index is 0.113. The molecule has 11 heavy (non-hydrogen) atoms. The fraction of sp³-hybridized carbons (Fsp3) is 0.333. The topological polar surface area (TPSA) is 66.0 Å². The van der Waals surface area contributed by atoms with Crippen LogP contribution in [0.1, 0.15) is 21.7 Å². The van der Waals surface area contributed by atoms with Crippen LogP contribution in [-0.4, -0.2) is 21.3 Å². The predicted molar refractivity (Wildman–Crippen MR) is 35.1 cm³/mol. The van der Waals surface area contributed by atoms with Crippen LogP contribution in [0.2, 0.25) is 0 Å². The van der Waals surface area contributed by atoms with Crippen molar-refractivity contribution in [1.29, 1.82) is 0 Å². The van der Waals surface area contributed by atoms with Crippen molar-refractivity contribution in [2.45, 2.75) is 13.6 Å². The molecule has 0 unspecified atom stereocenters. The van der Waals surface area contributed by atoms with E-state index >= 15 is 0 Å². The van der Waals surface area contributed by atoms with Crippen molar-refractivity contribution < 1.29 is 14.3 Å². The van der Waals surface area contributed by atoms with Gasteiger partial charge in [-0.25, -0.2) is 9.18 Å². The Morgan fingerprint density at radius 2 is 2.45 bits per heavy atom. The molecular formula is C6H7FN2O2. The normalized spacial score (nSPS) is 10.0. The van der Waals surface area contributed by atoms with Crippen molar-refractivity contribution in [3.63, 3.8) is 0 Å². The van der Waals surface area contributed by atoms with Crippen molar-refractivity contribution in [1.82, 2.24) is 10.2 Å². The summed E-state index contributed by atoms with van der Waals surface area (Å²) in [6.07, 6.45) is 0. The summed E-state index contributed by atoms with van der Waals surface area (Å²) in [7, 11) is 0. The Balaban J connectivity index is 3.10. The lowest BCUT2D eigenvalue weighted by atomic mass is 10.2. The minimum atomic E-state index is -1.14. The molecule has 1 aromatic heterocycles. The van der Waals surface area contributed by atoms with Gasteiger partial charge in [0, 0.05) is 5.56 Å². The van der Waals surface area contributed by atoms with Crippen LogP contribution in [0, 0.1) is 6.92 Å².